The van der Waals surface area contributed by atoms with Crippen LogP contribution >= 0.6 is 11.6 Å². The van der Waals surface area contributed by atoms with Gasteiger partial charge in [0.1, 0.15) is 10.7 Å². The number of pyridine rings is 1. The van der Waals surface area contributed by atoms with Gasteiger partial charge in [-0.3, -0.25) is 0 Å². The monoisotopic (exact) mass is 304 g/mol. The normalized spacial score (nSPS) is 10.9. The molecule has 108 valence electrons. The zero-order chi connectivity index (χ0) is 15.0. The molecule has 0 aliphatic rings. The second kappa shape index (κ2) is 5.21. The van der Waals surface area contributed by atoms with Gasteiger partial charge in [-0.2, -0.15) is 5.10 Å². The Labute approximate surface area is 126 Å². The van der Waals surface area contributed by atoms with E-state index in [1.807, 2.05) is 23.7 Å². The van der Waals surface area contributed by atoms with E-state index in [0.29, 0.717) is 16.8 Å². The third-order valence-corrected chi connectivity index (χ3v) is 3.56. The third-order valence-electron chi connectivity index (χ3n) is 3.35. The first-order valence-corrected chi connectivity index (χ1v) is 6.58. The Morgan fingerprint density at radius 3 is 2.67 bits per heavy atom. The molecule has 0 fully saturated rings. The van der Waals surface area contributed by atoms with Crippen molar-refractivity contribution in [1.29, 1.82) is 0 Å². The summed E-state index contributed by atoms with van der Waals surface area (Å²) >= 11 is 5.95. The first kappa shape index (κ1) is 13.6. The molecule has 0 amide bonds. The van der Waals surface area contributed by atoms with Crippen LogP contribution in [0.3, 0.4) is 0 Å². The fourth-order valence-corrected chi connectivity index (χ4v) is 2.50. The summed E-state index contributed by atoms with van der Waals surface area (Å²) < 4.78 is 12.7. The van der Waals surface area contributed by atoms with E-state index < -0.39 is 0 Å². The first-order chi connectivity index (χ1) is 10.2. The van der Waals surface area contributed by atoms with Crippen molar-refractivity contribution < 1.29 is 9.47 Å². The number of aryl methyl sites for hydroxylation is 1. The molecule has 0 saturated heterocycles. The van der Waals surface area contributed by atoms with E-state index in [-0.39, 0.29) is 0 Å². The molecule has 0 saturated carbocycles. The van der Waals surface area contributed by atoms with Crippen LogP contribution < -0.4 is 9.47 Å². The molecule has 0 aliphatic carbocycles. The molecule has 0 aliphatic heterocycles. The maximum absolute atomic E-state index is 5.95. The van der Waals surface area contributed by atoms with Gasteiger partial charge in [0, 0.05) is 12.4 Å². The molecule has 0 spiro atoms. The van der Waals surface area contributed by atoms with Gasteiger partial charge < -0.3 is 14.0 Å². The summed E-state index contributed by atoms with van der Waals surface area (Å²) in [5.41, 5.74) is 2.58. The van der Waals surface area contributed by atoms with Crippen LogP contribution in [0.25, 0.3) is 22.2 Å². The van der Waals surface area contributed by atoms with Gasteiger partial charge in [0.25, 0.3) is 0 Å². The largest absolute Gasteiger partial charge is 0.494 e. The number of nitrogens with zero attached hydrogens (tertiary/aromatic N) is 4. The SMILES string of the molecule is COc1cnnc(OC)c1-c1cc2cc(Cl)ncc2n1C. The van der Waals surface area contributed by atoms with Gasteiger partial charge in [0.2, 0.25) is 5.88 Å². The van der Waals surface area contributed by atoms with Gasteiger partial charge in [-0.25, -0.2) is 4.98 Å². The highest BCUT2D eigenvalue weighted by Gasteiger charge is 2.19. The van der Waals surface area contributed by atoms with Crippen molar-refractivity contribution in [2.45, 2.75) is 0 Å². The molecular formula is C14H13ClN4O2. The highest BCUT2D eigenvalue weighted by atomic mass is 35.5. The maximum atomic E-state index is 5.95. The summed E-state index contributed by atoms with van der Waals surface area (Å²) in [7, 11) is 5.07. The van der Waals surface area contributed by atoms with Gasteiger partial charge in [0.05, 0.1) is 37.8 Å². The van der Waals surface area contributed by atoms with Crippen LogP contribution in [0.15, 0.2) is 24.5 Å². The van der Waals surface area contributed by atoms with Crippen molar-refractivity contribution >= 4 is 22.5 Å². The second-order valence-electron chi connectivity index (χ2n) is 4.45. The summed E-state index contributed by atoms with van der Waals surface area (Å²) in [5, 5.41) is 9.30. The average Bonchev–Trinajstić information content (AvgIpc) is 2.82. The Bertz CT molecular complexity index is 794. The smallest absolute Gasteiger partial charge is 0.246 e. The summed E-state index contributed by atoms with van der Waals surface area (Å²) in [6, 6.07) is 3.80. The summed E-state index contributed by atoms with van der Waals surface area (Å²) in [5.74, 6) is 0.992. The van der Waals surface area contributed by atoms with E-state index in [1.54, 1.807) is 26.6 Å². The first-order valence-electron chi connectivity index (χ1n) is 6.20. The van der Waals surface area contributed by atoms with E-state index in [9.17, 15) is 0 Å². The summed E-state index contributed by atoms with van der Waals surface area (Å²) in [6.45, 7) is 0. The Morgan fingerprint density at radius 1 is 1.14 bits per heavy atom. The zero-order valence-electron chi connectivity index (χ0n) is 11.8. The second-order valence-corrected chi connectivity index (χ2v) is 4.84. The molecule has 3 aromatic rings. The van der Waals surface area contributed by atoms with E-state index in [4.69, 9.17) is 21.1 Å². The maximum Gasteiger partial charge on any atom is 0.246 e. The highest BCUT2D eigenvalue weighted by Crippen LogP contribution is 2.38. The van der Waals surface area contributed by atoms with Crippen molar-refractivity contribution in [3.63, 3.8) is 0 Å². The summed E-state index contributed by atoms with van der Waals surface area (Å²) in [4.78, 5) is 4.11. The van der Waals surface area contributed by atoms with Gasteiger partial charge >= 0.3 is 0 Å². The lowest BCUT2D eigenvalue weighted by Crippen LogP contribution is -2.00. The number of hydrogen-bond acceptors (Lipinski definition) is 5. The quantitative estimate of drug-likeness (QED) is 0.696. The average molecular weight is 305 g/mol. The fraction of sp³-hybridized carbons (Fsp3) is 0.214. The van der Waals surface area contributed by atoms with E-state index in [2.05, 4.69) is 15.2 Å². The van der Waals surface area contributed by atoms with Crippen LogP contribution in [0.4, 0.5) is 0 Å². The Morgan fingerprint density at radius 2 is 1.95 bits per heavy atom. The van der Waals surface area contributed by atoms with Crippen molar-refractivity contribution in [3.05, 3.63) is 29.7 Å². The summed E-state index contributed by atoms with van der Waals surface area (Å²) in [6.07, 6.45) is 3.29. The van der Waals surface area contributed by atoms with Crippen LogP contribution in [0.1, 0.15) is 0 Å². The Kier molecular flexibility index (Phi) is 3.39. The molecule has 0 atom stereocenters. The van der Waals surface area contributed by atoms with Gasteiger partial charge in [-0.1, -0.05) is 11.6 Å². The van der Waals surface area contributed by atoms with Crippen molar-refractivity contribution in [2.75, 3.05) is 14.2 Å². The number of halogens is 1. The lowest BCUT2D eigenvalue weighted by atomic mass is 10.2. The molecule has 0 aromatic carbocycles. The number of aromatic nitrogens is 4. The number of hydrogen-bond donors (Lipinski definition) is 0. The molecule has 0 N–H and O–H groups in total. The number of fused-ring (bicyclic) bond motifs is 1. The lowest BCUT2D eigenvalue weighted by molar-refractivity contribution is 0.377. The number of rotatable bonds is 3. The minimum atomic E-state index is 0.402. The van der Waals surface area contributed by atoms with Crippen LogP contribution in [-0.4, -0.2) is 34.0 Å². The molecule has 3 heterocycles. The van der Waals surface area contributed by atoms with Gasteiger partial charge in [-0.15, -0.1) is 5.10 Å². The van der Waals surface area contributed by atoms with E-state index in [0.717, 1.165) is 22.2 Å². The van der Waals surface area contributed by atoms with Gasteiger partial charge in [0.15, 0.2) is 5.75 Å². The molecule has 21 heavy (non-hydrogen) atoms. The fourth-order valence-electron chi connectivity index (χ4n) is 2.33. The molecule has 0 bridgehead atoms. The molecule has 0 radical (unpaired) electrons. The molecular weight excluding hydrogens is 292 g/mol. The topological polar surface area (TPSA) is 62.1 Å². The Balaban J connectivity index is 2.32. The third kappa shape index (κ3) is 2.17. The van der Waals surface area contributed by atoms with E-state index in [1.165, 1.54) is 0 Å². The minimum absolute atomic E-state index is 0.402. The number of ether oxygens (including phenoxy) is 2. The number of methoxy groups -OCH3 is 2. The molecule has 0 unspecified atom stereocenters. The van der Waals surface area contributed by atoms with Gasteiger partial charge in [-0.05, 0) is 12.1 Å². The minimum Gasteiger partial charge on any atom is -0.494 e. The van der Waals surface area contributed by atoms with E-state index >= 15 is 0 Å². The lowest BCUT2D eigenvalue weighted by Gasteiger charge is -2.11. The van der Waals surface area contributed by atoms with Crippen LogP contribution in [0, 0.1) is 0 Å². The predicted molar refractivity (Wildman–Crippen MR) is 79.9 cm³/mol. The van der Waals surface area contributed by atoms with Crippen LogP contribution in [-0.2, 0) is 7.05 Å². The Hall–Kier alpha value is -2.34. The molecule has 7 heteroatoms. The molecule has 3 aromatic heterocycles. The van der Waals surface area contributed by atoms with Crippen LogP contribution in [0.5, 0.6) is 11.6 Å². The molecule has 6 nitrogen and oxygen atoms in total. The van der Waals surface area contributed by atoms with Crippen LogP contribution in [0.2, 0.25) is 5.15 Å². The predicted octanol–water partition coefficient (Wildman–Crippen LogP) is 2.70. The zero-order valence-corrected chi connectivity index (χ0v) is 12.5. The van der Waals surface area contributed by atoms with Crippen molar-refractivity contribution in [3.8, 4) is 22.9 Å². The standard InChI is InChI=1S/C14H13ClN4O2/c1-19-9(4-8-5-12(15)16-6-10(8)19)13-11(20-2)7-17-18-14(13)21-3/h4-7H,1-3H3. The molecule has 3 rings (SSSR count). The highest BCUT2D eigenvalue weighted by molar-refractivity contribution is 6.30. The van der Waals surface area contributed by atoms with Crippen molar-refractivity contribution in [2.24, 2.45) is 7.05 Å². The van der Waals surface area contributed by atoms with Crippen molar-refractivity contribution in [1.82, 2.24) is 19.7 Å².